The van der Waals surface area contributed by atoms with Crippen molar-refractivity contribution in [2.75, 3.05) is 25.0 Å². The van der Waals surface area contributed by atoms with E-state index in [2.05, 4.69) is 21.8 Å². The summed E-state index contributed by atoms with van der Waals surface area (Å²) in [4.78, 5) is 25.8. The first-order valence-corrected chi connectivity index (χ1v) is 11.3. The van der Waals surface area contributed by atoms with Gasteiger partial charge >= 0.3 is 0 Å². The van der Waals surface area contributed by atoms with Crippen molar-refractivity contribution in [1.82, 2.24) is 24.6 Å². The lowest BCUT2D eigenvalue weighted by Crippen LogP contribution is -2.43. The van der Waals surface area contributed by atoms with Gasteiger partial charge in [-0.1, -0.05) is 29.8 Å². The number of amides is 1. The summed E-state index contributed by atoms with van der Waals surface area (Å²) < 4.78 is 1.97. The molecule has 0 saturated carbocycles. The van der Waals surface area contributed by atoms with Crippen LogP contribution in [0.2, 0.25) is 5.02 Å². The lowest BCUT2D eigenvalue weighted by Gasteiger charge is -2.34. The summed E-state index contributed by atoms with van der Waals surface area (Å²) in [7, 11) is 1.88. The molecule has 32 heavy (non-hydrogen) atoms. The molecule has 1 amide bonds. The van der Waals surface area contributed by atoms with Crippen LogP contribution in [0.5, 0.6) is 0 Å². The highest BCUT2D eigenvalue weighted by Crippen LogP contribution is 2.24. The van der Waals surface area contributed by atoms with Gasteiger partial charge in [-0.05, 0) is 38.3 Å². The first-order valence-electron chi connectivity index (χ1n) is 11.0. The predicted molar refractivity (Wildman–Crippen MR) is 126 cm³/mol. The number of hydrogen-bond acceptors (Lipinski definition) is 5. The number of benzene rings is 1. The zero-order valence-electron chi connectivity index (χ0n) is 18.8. The topological polar surface area (TPSA) is 67.2 Å². The molecule has 0 spiro atoms. The zero-order chi connectivity index (χ0) is 22.7. The average Bonchev–Trinajstić information content (AvgIpc) is 3.08. The predicted octanol–water partition coefficient (Wildman–Crippen LogP) is 3.87. The summed E-state index contributed by atoms with van der Waals surface area (Å²) in [5.41, 5.74) is 4.13. The van der Waals surface area contributed by atoms with E-state index in [1.807, 2.05) is 47.8 Å². The minimum Gasteiger partial charge on any atom is -0.355 e. The molecule has 3 aromatic rings. The minimum atomic E-state index is -0.0467. The quantitative estimate of drug-likeness (QED) is 0.568. The fourth-order valence-electron chi connectivity index (χ4n) is 4.37. The molecular weight excluding hydrogens is 424 g/mol. The number of anilines is 1. The normalized spacial score (nSPS) is 16.2. The van der Waals surface area contributed by atoms with Crippen LogP contribution in [0, 0.1) is 19.8 Å². The second-order valence-electron chi connectivity index (χ2n) is 8.44. The molecule has 7 nitrogen and oxygen atoms in total. The van der Waals surface area contributed by atoms with Gasteiger partial charge in [-0.3, -0.25) is 14.5 Å². The molecule has 0 aliphatic carbocycles. The first kappa shape index (κ1) is 22.3. The third-order valence-electron chi connectivity index (χ3n) is 6.22. The Kier molecular flexibility index (Phi) is 6.74. The van der Waals surface area contributed by atoms with Gasteiger partial charge in [-0.2, -0.15) is 5.10 Å². The molecule has 0 unspecified atom stereocenters. The Morgan fingerprint density at radius 3 is 2.81 bits per heavy atom. The molecule has 2 aromatic heterocycles. The van der Waals surface area contributed by atoms with Crippen molar-refractivity contribution in [3.63, 3.8) is 0 Å². The number of halogens is 1. The van der Waals surface area contributed by atoms with E-state index in [1.54, 1.807) is 18.6 Å². The van der Waals surface area contributed by atoms with E-state index in [0.717, 1.165) is 52.7 Å². The van der Waals surface area contributed by atoms with Crippen LogP contribution in [0.1, 0.15) is 35.4 Å². The number of nitrogens with zero attached hydrogens (tertiary/aromatic N) is 6. The highest BCUT2D eigenvalue weighted by Gasteiger charge is 2.29. The van der Waals surface area contributed by atoms with Crippen molar-refractivity contribution >= 4 is 23.3 Å². The van der Waals surface area contributed by atoms with Crippen molar-refractivity contribution in [2.24, 2.45) is 5.92 Å². The SMILES string of the molecule is Cc1nn(Cc2ccccc2Cl)c(C)c1CN(C)C(=O)[C@@H]1CCCN(c2cnccn2)C1. The van der Waals surface area contributed by atoms with E-state index in [-0.39, 0.29) is 11.8 Å². The van der Waals surface area contributed by atoms with Crippen molar-refractivity contribution in [3.8, 4) is 0 Å². The maximum atomic E-state index is 13.3. The highest BCUT2D eigenvalue weighted by molar-refractivity contribution is 6.31. The fraction of sp³-hybridized carbons (Fsp3) is 0.417. The molecule has 0 N–H and O–H groups in total. The van der Waals surface area contributed by atoms with Crippen molar-refractivity contribution in [2.45, 2.75) is 39.8 Å². The smallest absolute Gasteiger partial charge is 0.227 e. The molecular formula is C24H29ClN6O. The second kappa shape index (κ2) is 9.69. The van der Waals surface area contributed by atoms with Gasteiger partial charge in [0.25, 0.3) is 0 Å². The number of aromatic nitrogens is 4. The lowest BCUT2D eigenvalue weighted by molar-refractivity contribution is -0.135. The number of piperidine rings is 1. The van der Waals surface area contributed by atoms with Gasteiger partial charge in [0.05, 0.1) is 24.4 Å². The van der Waals surface area contributed by atoms with Gasteiger partial charge in [0.2, 0.25) is 5.91 Å². The van der Waals surface area contributed by atoms with Crippen LogP contribution in [0.4, 0.5) is 5.82 Å². The number of aryl methyl sites for hydroxylation is 1. The maximum absolute atomic E-state index is 13.3. The second-order valence-corrected chi connectivity index (χ2v) is 8.85. The van der Waals surface area contributed by atoms with Gasteiger partial charge < -0.3 is 9.80 Å². The molecule has 0 radical (unpaired) electrons. The number of rotatable bonds is 6. The van der Waals surface area contributed by atoms with E-state index in [1.165, 1.54) is 0 Å². The van der Waals surface area contributed by atoms with Crippen LogP contribution < -0.4 is 4.90 Å². The summed E-state index contributed by atoms with van der Waals surface area (Å²) >= 11 is 6.33. The van der Waals surface area contributed by atoms with Gasteiger partial charge in [0.1, 0.15) is 5.82 Å². The Hall–Kier alpha value is -2.93. The number of carbonyl (C=O) groups is 1. The van der Waals surface area contributed by atoms with E-state index >= 15 is 0 Å². The standard InChI is InChI=1S/C24H29ClN6O/c1-17-21(18(2)31(28-17)15-19-7-4-5-9-22(19)25)16-29(3)24(32)20-8-6-12-30(14-20)23-13-26-10-11-27-23/h4-5,7,9-11,13,20H,6,8,12,14-16H2,1-3H3/t20-/m1/s1. The average molecular weight is 453 g/mol. The van der Waals surface area contributed by atoms with Crippen molar-refractivity contribution in [1.29, 1.82) is 0 Å². The third kappa shape index (κ3) is 4.78. The summed E-state index contributed by atoms with van der Waals surface area (Å²) in [6, 6.07) is 7.81. The Morgan fingerprint density at radius 2 is 2.06 bits per heavy atom. The first-order chi connectivity index (χ1) is 15.4. The Balaban J connectivity index is 1.44. The van der Waals surface area contributed by atoms with E-state index in [4.69, 9.17) is 16.7 Å². The van der Waals surface area contributed by atoms with Crippen LogP contribution in [0.25, 0.3) is 0 Å². The molecule has 1 aromatic carbocycles. The Morgan fingerprint density at radius 1 is 1.25 bits per heavy atom. The molecule has 3 heterocycles. The summed E-state index contributed by atoms with van der Waals surface area (Å²) in [5.74, 6) is 0.950. The maximum Gasteiger partial charge on any atom is 0.227 e. The summed E-state index contributed by atoms with van der Waals surface area (Å²) in [5, 5.41) is 5.45. The fourth-order valence-corrected chi connectivity index (χ4v) is 4.57. The Labute approximate surface area is 194 Å². The number of hydrogen-bond donors (Lipinski definition) is 0. The third-order valence-corrected chi connectivity index (χ3v) is 6.59. The van der Waals surface area contributed by atoms with E-state index < -0.39 is 0 Å². The van der Waals surface area contributed by atoms with Gasteiger partial charge in [0, 0.05) is 55.4 Å². The highest BCUT2D eigenvalue weighted by atomic mass is 35.5. The molecule has 1 atom stereocenters. The Bertz CT molecular complexity index is 1080. The van der Waals surface area contributed by atoms with E-state index in [9.17, 15) is 4.79 Å². The molecule has 1 aliphatic rings. The minimum absolute atomic E-state index is 0.0467. The van der Waals surface area contributed by atoms with Crippen LogP contribution in [0.15, 0.2) is 42.9 Å². The van der Waals surface area contributed by atoms with Crippen LogP contribution >= 0.6 is 11.6 Å². The van der Waals surface area contributed by atoms with Gasteiger partial charge in [0.15, 0.2) is 0 Å². The molecule has 1 saturated heterocycles. The molecule has 0 bridgehead atoms. The van der Waals surface area contributed by atoms with Crippen LogP contribution in [0.3, 0.4) is 0 Å². The largest absolute Gasteiger partial charge is 0.355 e. The summed E-state index contributed by atoms with van der Waals surface area (Å²) in [6.45, 7) is 6.78. The summed E-state index contributed by atoms with van der Waals surface area (Å²) in [6.07, 6.45) is 6.98. The van der Waals surface area contributed by atoms with Crippen molar-refractivity contribution in [3.05, 3.63) is 70.4 Å². The monoisotopic (exact) mass is 452 g/mol. The molecule has 1 fully saturated rings. The van der Waals surface area contributed by atoms with E-state index in [0.29, 0.717) is 19.6 Å². The lowest BCUT2D eigenvalue weighted by atomic mass is 9.96. The van der Waals surface area contributed by atoms with Gasteiger partial charge in [-0.25, -0.2) is 4.98 Å². The molecule has 1 aliphatic heterocycles. The molecule has 8 heteroatoms. The number of carbonyl (C=O) groups excluding carboxylic acids is 1. The van der Waals surface area contributed by atoms with Gasteiger partial charge in [-0.15, -0.1) is 0 Å². The molecule has 4 rings (SSSR count). The van der Waals surface area contributed by atoms with Crippen LogP contribution in [-0.2, 0) is 17.9 Å². The van der Waals surface area contributed by atoms with Crippen molar-refractivity contribution < 1.29 is 4.79 Å². The van der Waals surface area contributed by atoms with Crippen LogP contribution in [-0.4, -0.2) is 50.7 Å². The zero-order valence-corrected chi connectivity index (χ0v) is 19.6. The molecule has 168 valence electrons.